The molecule has 3 nitrogen and oxygen atoms in total. The summed E-state index contributed by atoms with van der Waals surface area (Å²) in [6.07, 6.45) is 0. The number of rotatable bonds is 2. The molecule has 0 fully saturated rings. The molecule has 0 aliphatic carbocycles. The van der Waals surface area contributed by atoms with E-state index in [4.69, 9.17) is 5.11 Å². The van der Waals surface area contributed by atoms with E-state index in [1.54, 1.807) is 7.05 Å². The maximum atomic E-state index is 9.54. The molecule has 0 atom stereocenters. The number of hydrogen-bond acceptors (Lipinski definition) is 2. The molecule has 0 aliphatic rings. The Bertz CT molecular complexity index is 56.9. The van der Waals surface area contributed by atoms with E-state index >= 15 is 0 Å². The predicted molar refractivity (Wildman–Crippen MR) is 21.6 cm³/mol. The van der Waals surface area contributed by atoms with Crippen molar-refractivity contribution in [3.8, 4) is 0 Å². The zero-order valence-electron chi connectivity index (χ0n) is 4.56. The molecule has 0 aromatic rings. The van der Waals surface area contributed by atoms with Crippen LogP contribution in [-0.2, 0) is 4.79 Å². The molecular formula is C3H7KNO2+. The van der Waals surface area contributed by atoms with E-state index in [-0.39, 0.29) is 57.9 Å². The third kappa shape index (κ3) is 11.0. The summed E-state index contributed by atoms with van der Waals surface area (Å²) in [4.78, 5) is 9.54. The van der Waals surface area contributed by atoms with E-state index in [0.717, 1.165) is 0 Å². The third-order valence-corrected chi connectivity index (χ3v) is 0.328. The first-order valence-electron chi connectivity index (χ1n) is 1.63. The second kappa shape index (κ2) is 7.07. The van der Waals surface area contributed by atoms with Gasteiger partial charge in [-0.05, 0) is 7.05 Å². The van der Waals surface area contributed by atoms with Gasteiger partial charge in [0.1, 0.15) is 0 Å². The molecule has 0 aromatic carbocycles. The van der Waals surface area contributed by atoms with Gasteiger partial charge in [0.2, 0.25) is 0 Å². The van der Waals surface area contributed by atoms with Crippen molar-refractivity contribution in [1.29, 1.82) is 0 Å². The zero-order chi connectivity index (χ0) is 4.99. The summed E-state index contributed by atoms with van der Waals surface area (Å²) in [5.74, 6) is -0.822. The van der Waals surface area contributed by atoms with Crippen molar-refractivity contribution in [2.45, 2.75) is 0 Å². The molecule has 7 heavy (non-hydrogen) atoms. The topological polar surface area (TPSA) is 49.3 Å². The minimum absolute atomic E-state index is 0. The second-order valence-electron chi connectivity index (χ2n) is 0.924. The van der Waals surface area contributed by atoms with Gasteiger partial charge in [-0.25, -0.2) is 0 Å². The van der Waals surface area contributed by atoms with Gasteiger partial charge in [-0.2, -0.15) is 0 Å². The van der Waals surface area contributed by atoms with Crippen LogP contribution in [0.1, 0.15) is 0 Å². The maximum Gasteiger partial charge on any atom is 1.00 e. The van der Waals surface area contributed by atoms with Gasteiger partial charge in [0.25, 0.3) is 0 Å². The Balaban J connectivity index is 0. The first kappa shape index (κ1) is 10.9. The number of hydrogen-bond donors (Lipinski definition) is 2. The van der Waals surface area contributed by atoms with Gasteiger partial charge in [-0.1, -0.05) is 0 Å². The fourth-order valence-electron chi connectivity index (χ4n) is 0.151. The Hall–Kier alpha value is 1.07. The molecule has 2 N–H and O–H groups in total. The summed E-state index contributed by atoms with van der Waals surface area (Å²) in [6, 6.07) is 0. The Labute approximate surface area is 84.9 Å². The van der Waals surface area contributed by atoms with Gasteiger partial charge in [-0.3, -0.25) is 4.79 Å². The van der Waals surface area contributed by atoms with Gasteiger partial charge in [0.15, 0.2) is 0 Å². The van der Waals surface area contributed by atoms with Crippen LogP contribution in [0.4, 0.5) is 0 Å². The van der Waals surface area contributed by atoms with Crippen LogP contribution in [-0.4, -0.2) is 24.7 Å². The van der Waals surface area contributed by atoms with E-state index in [1.165, 1.54) is 0 Å². The number of carboxylic acids is 1. The number of aliphatic carboxylic acids is 1. The summed E-state index contributed by atoms with van der Waals surface area (Å²) < 4.78 is 0. The normalized spacial score (nSPS) is 7.00. The first-order chi connectivity index (χ1) is 2.77. The van der Waals surface area contributed by atoms with Crippen molar-refractivity contribution >= 4 is 5.97 Å². The molecule has 0 aromatic heterocycles. The van der Waals surface area contributed by atoms with Crippen LogP contribution < -0.4 is 56.7 Å². The van der Waals surface area contributed by atoms with Crippen LogP contribution >= 0.6 is 0 Å². The molecule has 0 saturated heterocycles. The van der Waals surface area contributed by atoms with E-state index < -0.39 is 5.97 Å². The summed E-state index contributed by atoms with van der Waals surface area (Å²) >= 11 is 0. The van der Waals surface area contributed by atoms with Crippen molar-refractivity contribution in [3.63, 3.8) is 0 Å². The molecule has 0 heterocycles. The quantitative estimate of drug-likeness (QED) is 0.376. The summed E-state index contributed by atoms with van der Waals surface area (Å²) in [7, 11) is 1.59. The first-order valence-corrected chi connectivity index (χ1v) is 1.63. The van der Waals surface area contributed by atoms with Crippen molar-refractivity contribution in [2.75, 3.05) is 13.6 Å². The van der Waals surface area contributed by atoms with Crippen LogP contribution in [0.2, 0.25) is 0 Å². The molecule has 0 rings (SSSR count). The average molecular weight is 128 g/mol. The van der Waals surface area contributed by atoms with Gasteiger partial charge in [-0.15, -0.1) is 0 Å². The zero-order valence-corrected chi connectivity index (χ0v) is 7.69. The Kier molecular flexibility index (Phi) is 11.0. The van der Waals surface area contributed by atoms with Crippen LogP contribution in [0.5, 0.6) is 0 Å². The minimum atomic E-state index is -0.822. The van der Waals surface area contributed by atoms with Gasteiger partial charge in [0, 0.05) is 0 Å². The van der Waals surface area contributed by atoms with Crippen molar-refractivity contribution in [1.82, 2.24) is 5.32 Å². The molecular weight excluding hydrogens is 121 g/mol. The van der Waals surface area contributed by atoms with Crippen molar-refractivity contribution in [3.05, 3.63) is 0 Å². The monoisotopic (exact) mass is 128 g/mol. The van der Waals surface area contributed by atoms with Crippen molar-refractivity contribution < 1.29 is 61.3 Å². The van der Waals surface area contributed by atoms with Crippen LogP contribution in [0.3, 0.4) is 0 Å². The molecule has 0 radical (unpaired) electrons. The molecule has 0 unspecified atom stereocenters. The largest absolute Gasteiger partial charge is 1.00 e. The number of nitrogens with one attached hydrogen (secondary N) is 1. The molecule has 0 aliphatic heterocycles. The van der Waals surface area contributed by atoms with Gasteiger partial charge in [0.05, 0.1) is 6.54 Å². The molecule has 0 spiro atoms. The minimum Gasteiger partial charge on any atom is -0.480 e. The summed E-state index contributed by atoms with van der Waals surface area (Å²) in [5, 5.41) is 10.3. The standard InChI is InChI=1S/C3H7NO2.K/c1-4-2-3(5)6;/h4H,2H2,1H3,(H,5,6);/q;+1. The number of carboxylic acid groups (broad SMARTS) is 1. The Morgan fingerprint density at radius 3 is 2.29 bits per heavy atom. The maximum absolute atomic E-state index is 9.54. The van der Waals surface area contributed by atoms with E-state index in [9.17, 15) is 4.79 Å². The molecule has 0 bridgehead atoms. The molecule has 36 valence electrons. The fraction of sp³-hybridized carbons (Fsp3) is 0.667. The SMILES string of the molecule is CNCC(=O)O.[K+]. The Morgan fingerprint density at radius 2 is 2.29 bits per heavy atom. The van der Waals surface area contributed by atoms with Gasteiger partial charge < -0.3 is 10.4 Å². The summed E-state index contributed by atoms with van der Waals surface area (Å²) in [5.41, 5.74) is 0. The van der Waals surface area contributed by atoms with E-state index in [0.29, 0.717) is 0 Å². The number of carbonyl (C=O) groups is 1. The molecule has 4 heteroatoms. The predicted octanol–water partition coefficient (Wildman–Crippen LogP) is -3.71. The van der Waals surface area contributed by atoms with Gasteiger partial charge >= 0.3 is 57.4 Å². The smallest absolute Gasteiger partial charge is 0.480 e. The van der Waals surface area contributed by atoms with Crippen LogP contribution in [0, 0.1) is 0 Å². The third-order valence-electron chi connectivity index (χ3n) is 0.328. The second-order valence-corrected chi connectivity index (χ2v) is 0.924. The van der Waals surface area contributed by atoms with Crippen molar-refractivity contribution in [2.24, 2.45) is 0 Å². The molecule has 0 saturated carbocycles. The van der Waals surface area contributed by atoms with E-state index in [2.05, 4.69) is 5.32 Å². The fourth-order valence-corrected chi connectivity index (χ4v) is 0.151. The Morgan fingerprint density at radius 1 is 1.86 bits per heavy atom. The average Bonchev–Trinajstić information content (AvgIpc) is 1.35. The summed E-state index contributed by atoms with van der Waals surface area (Å²) in [6.45, 7) is 0.0417. The number of likely N-dealkylation sites (N-methyl/N-ethyl adjacent to an activating group) is 1. The van der Waals surface area contributed by atoms with Crippen LogP contribution in [0.25, 0.3) is 0 Å². The van der Waals surface area contributed by atoms with E-state index in [1.807, 2.05) is 0 Å². The molecule has 0 amide bonds. The van der Waals surface area contributed by atoms with Crippen LogP contribution in [0.15, 0.2) is 0 Å².